The second-order valence-corrected chi connectivity index (χ2v) is 38.0. The topological polar surface area (TPSA) is 87.6 Å². The molecule has 18 aromatic carbocycles. The van der Waals surface area contributed by atoms with Gasteiger partial charge in [0.25, 0.3) is 0 Å². The van der Waals surface area contributed by atoms with Crippen molar-refractivity contribution in [2.45, 2.75) is 73.0 Å². The van der Waals surface area contributed by atoms with Gasteiger partial charge in [-0.2, -0.15) is 47.9 Å². The van der Waals surface area contributed by atoms with Crippen LogP contribution in [0.2, 0.25) is 0 Å². The molecule has 3 heterocycles. The van der Waals surface area contributed by atoms with Crippen molar-refractivity contribution in [3.63, 3.8) is 0 Å². The van der Waals surface area contributed by atoms with Gasteiger partial charge >= 0.3 is 40.5 Å². The fourth-order valence-corrected chi connectivity index (χ4v) is 20.9. The van der Waals surface area contributed by atoms with Crippen LogP contribution < -0.4 is 9.65 Å². The summed E-state index contributed by atoms with van der Waals surface area (Å²) in [4.78, 5) is 9.92. The van der Waals surface area contributed by atoms with E-state index in [0.29, 0.717) is 16.5 Å². The van der Waals surface area contributed by atoms with Crippen molar-refractivity contribution in [2.24, 2.45) is 0 Å². The first-order valence-electron chi connectivity index (χ1n) is 45.9. The van der Waals surface area contributed by atoms with E-state index in [-0.39, 0.29) is 23.7 Å². The van der Waals surface area contributed by atoms with Gasteiger partial charge in [0.1, 0.15) is 5.75 Å². The molecule has 18 heteroatoms. The molecule has 2 aromatic heterocycles. The normalized spacial score (nSPS) is 14.4. The van der Waals surface area contributed by atoms with Gasteiger partial charge in [0.05, 0.1) is 44.5 Å². The minimum absolute atomic E-state index is 0.155. The third-order valence-corrected chi connectivity index (χ3v) is 29.0. The van der Waals surface area contributed by atoms with Crippen molar-refractivity contribution in [1.82, 2.24) is 9.97 Å². The van der Waals surface area contributed by atoms with Gasteiger partial charge in [0.2, 0.25) is 0 Å². The van der Waals surface area contributed by atoms with E-state index in [1.165, 1.54) is 95.2 Å². The van der Waals surface area contributed by atoms with Crippen molar-refractivity contribution in [1.29, 1.82) is 0 Å². The lowest BCUT2D eigenvalue weighted by Crippen LogP contribution is -2.63. The molecule has 0 atom stereocenters. The highest BCUT2D eigenvalue weighted by Crippen LogP contribution is 2.60. The zero-order chi connectivity index (χ0) is 96.7. The van der Waals surface area contributed by atoms with Crippen molar-refractivity contribution < 1.29 is 61.4 Å². The highest BCUT2D eigenvalue weighted by Gasteiger charge is 2.86. The first-order chi connectivity index (χ1) is 67.5. The monoisotopic (exact) mass is 1870 g/mol. The number of rotatable bonds is 17. The lowest BCUT2D eigenvalue weighted by atomic mass is 9.67. The van der Waals surface area contributed by atoms with E-state index in [2.05, 4.69) is 317 Å². The SMILES string of the molecule is CC1(C)OB(c2ccc(-c3cc(-c4ccccc4)nc4ccccc34)cc2)OC1(C)C.O=S(=O)(Oc1ccc2ccc(-c3ccc4c(c3)C(c3ccccc3)(c3ccccc3)c3ccccc3-4)cc2c1)C(F)(F)C(F)(F)C(F)(F)C(F)(F)F.c1ccc(-c2cc(-c3ccc(-c4ccc5ccc(-c6ccc7c(c6)C(c6ccccc6)(c6ccccc6)c6ccccc6-7)cc5c4)cc3)c3ccccc3n2)cc1. The molecule has 0 bridgehead atoms. The molecule has 3 aliphatic rings. The van der Waals surface area contributed by atoms with Crippen LogP contribution in [0.25, 0.3) is 144 Å². The fourth-order valence-electron chi connectivity index (χ4n) is 20.0. The van der Waals surface area contributed by atoms with Crippen molar-refractivity contribution in [3.8, 4) is 106 Å². The molecule has 1 fully saturated rings. The lowest BCUT2D eigenvalue weighted by Gasteiger charge is -2.34. The van der Waals surface area contributed by atoms with Gasteiger partial charge in [-0.05, 0) is 244 Å². The van der Waals surface area contributed by atoms with Crippen LogP contribution in [0.1, 0.15) is 72.2 Å². The predicted octanol–water partition coefficient (Wildman–Crippen LogP) is 31.3. The molecule has 23 rings (SSSR count). The molecule has 0 saturated carbocycles. The molecular weight excluding hydrogens is 1790 g/mol. The summed E-state index contributed by atoms with van der Waals surface area (Å²) in [5.74, 6) is -15.8. The summed E-state index contributed by atoms with van der Waals surface area (Å²) in [7, 11) is -7.46. The molecule has 1 aliphatic heterocycles. The Balaban J connectivity index is 0.000000130. The van der Waals surface area contributed by atoms with E-state index >= 15 is 0 Å². The Morgan fingerprint density at radius 3 is 0.993 bits per heavy atom. The Hall–Kier alpha value is -15.6. The van der Waals surface area contributed by atoms with Gasteiger partial charge in [-0.3, -0.25) is 0 Å². The molecule has 0 N–H and O–H groups in total. The van der Waals surface area contributed by atoms with Crippen LogP contribution in [0.15, 0.2) is 449 Å². The number of alkyl halides is 9. The number of hydrogen-bond donors (Lipinski definition) is 0. The zero-order valence-electron chi connectivity index (χ0n) is 76.0. The molecular formula is C122H86BF9N2O5S. The molecule has 1 saturated heterocycles. The summed E-state index contributed by atoms with van der Waals surface area (Å²) in [6.07, 6.45) is -7.20. The highest BCUT2D eigenvalue weighted by molar-refractivity contribution is 7.88. The molecule has 140 heavy (non-hydrogen) atoms. The van der Waals surface area contributed by atoms with Crippen LogP contribution in [0.5, 0.6) is 5.75 Å². The number of halogens is 9. The van der Waals surface area contributed by atoms with E-state index in [1.54, 1.807) is 12.1 Å². The minimum atomic E-state index is -7.41. The van der Waals surface area contributed by atoms with E-state index < -0.39 is 50.0 Å². The van der Waals surface area contributed by atoms with E-state index in [9.17, 15) is 47.9 Å². The maximum absolute atomic E-state index is 14.4. The minimum Gasteiger partial charge on any atom is -0.399 e. The Morgan fingerprint density at radius 2 is 0.586 bits per heavy atom. The van der Waals surface area contributed by atoms with Crippen molar-refractivity contribution in [3.05, 3.63) is 493 Å². The summed E-state index contributed by atoms with van der Waals surface area (Å²) in [5, 5.41) is -1.67. The van der Waals surface area contributed by atoms with Crippen LogP contribution in [-0.4, -0.2) is 60.0 Å². The number of hydrogen-bond acceptors (Lipinski definition) is 7. The number of benzene rings is 18. The molecule has 0 radical (unpaired) electrons. The largest absolute Gasteiger partial charge is 0.494 e. The van der Waals surface area contributed by atoms with Crippen molar-refractivity contribution in [2.75, 3.05) is 0 Å². The second kappa shape index (κ2) is 35.4. The number of aromatic nitrogens is 2. The fraction of sp³-hybridized carbons (Fsp3) is 0.0984. The Bertz CT molecular complexity index is 8160. The number of pyridine rings is 2. The Morgan fingerprint density at radius 1 is 0.271 bits per heavy atom. The number of para-hydroxylation sites is 2. The molecule has 0 amide bonds. The Kier molecular flexibility index (Phi) is 23.0. The van der Waals surface area contributed by atoms with Crippen LogP contribution in [-0.2, 0) is 30.3 Å². The van der Waals surface area contributed by atoms with Gasteiger partial charge in [-0.1, -0.05) is 382 Å². The standard InChI is InChI=1S/C56H37N.C39H23F9O3S.C27H26BNO2/c1-4-14-41(15-5-1)55-37-51(50-21-11-13-23-54(50)57-55)40-28-24-38(25-29-40)42-30-26-39-27-31-43(35-45(39)34-42)44-32-33-49-48-20-10-12-22-52(48)56(53(49)36-44,46-16-6-2-7-17-46)47-18-8-3-9-19-47;40-36(41,38(44,45)46)37(42,43)39(47,48)52(49,50)51-30-19-17-24-15-16-25(21-27(24)22-30)26-18-20-32-31-13-7-8-14-33(31)35(34(32)23-26,28-9-3-1-4-10-28)29-11-5-2-6-12-29;1-26(2)27(3,4)31-28(30-26)21-16-14-19(15-17-21)23-18-25(20-10-6-5-7-11-20)29-24-13-9-8-12-22(23)24/h1-37H;1-23H;5-18H,1-4H3. The third kappa shape index (κ3) is 15.8. The van der Waals surface area contributed by atoms with Crippen LogP contribution in [0.3, 0.4) is 0 Å². The first kappa shape index (κ1) is 90.9. The molecule has 0 unspecified atom stereocenters. The van der Waals surface area contributed by atoms with Gasteiger partial charge in [0.15, 0.2) is 0 Å². The van der Waals surface area contributed by atoms with E-state index in [0.717, 1.165) is 101 Å². The average molecular weight is 1870 g/mol. The smallest absolute Gasteiger partial charge is 0.399 e. The quantitative estimate of drug-likeness (QED) is 0.0510. The molecule has 686 valence electrons. The molecule has 20 aromatic rings. The summed E-state index contributed by atoms with van der Waals surface area (Å²) < 4.78 is 162. The number of fused-ring (bicyclic) bond motifs is 10. The third-order valence-electron chi connectivity index (χ3n) is 27.7. The van der Waals surface area contributed by atoms with Crippen LogP contribution >= 0.6 is 0 Å². The van der Waals surface area contributed by atoms with Gasteiger partial charge in [-0.25, -0.2) is 9.97 Å². The maximum atomic E-state index is 14.4. The Labute approximate surface area is 804 Å². The van der Waals surface area contributed by atoms with E-state index in [4.69, 9.17) is 19.3 Å². The highest BCUT2D eigenvalue weighted by atomic mass is 32.2. The summed E-state index contributed by atoms with van der Waals surface area (Å²) in [6, 6.07) is 153. The lowest BCUT2D eigenvalue weighted by molar-refractivity contribution is -0.382. The summed E-state index contributed by atoms with van der Waals surface area (Å²) in [6.45, 7) is 8.32. The molecule has 0 spiro atoms. The van der Waals surface area contributed by atoms with Gasteiger partial charge in [0, 0.05) is 21.9 Å². The average Bonchev–Trinajstić information content (AvgIpc) is 1.54. The summed E-state index contributed by atoms with van der Waals surface area (Å²) in [5.41, 5.74) is 29.9. The predicted molar refractivity (Wildman–Crippen MR) is 544 cm³/mol. The molecule has 2 aliphatic carbocycles. The van der Waals surface area contributed by atoms with Gasteiger partial charge in [-0.15, -0.1) is 0 Å². The van der Waals surface area contributed by atoms with Crippen LogP contribution in [0.4, 0.5) is 39.5 Å². The maximum Gasteiger partial charge on any atom is 0.494 e. The van der Waals surface area contributed by atoms with Crippen molar-refractivity contribution >= 4 is 66.1 Å². The first-order valence-corrected chi connectivity index (χ1v) is 47.3. The summed E-state index contributed by atoms with van der Waals surface area (Å²) >= 11 is 0. The molecule has 7 nitrogen and oxygen atoms in total. The number of nitrogens with zero attached hydrogens (tertiary/aromatic N) is 2. The van der Waals surface area contributed by atoms with Gasteiger partial charge < -0.3 is 13.5 Å². The van der Waals surface area contributed by atoms with Crippen LogP contribution in [0, 0.1) is 0 Å². The zero-order valence-corrected chi connectivity index (χ0v) is 76.9. The second-order valence-electron chi connectivity index (χ2n) is 36.4. The van der Waals surface area contributed by atoms with E-state index in [1.807, 2.05) is 127 Å².